The second kappa shape index (κ2) is 9.43. The Morgan fingerprint density at radius 2 is 1.86 bits per heavy atom. The summed E-state index contributed by atoms with van der Waals surface area (Å²) in [6, 6.07) is 13.2. The lowest BCUT2D eigenvalue weighted by Crippen LogP contribution is -2.66. The van der Waals surface area contributed by atoms with Gasteiger partial charge in [0.15, 0.2) is 0 Å². The summed E-state index contributed by atoms with van der Waals surface area (Å²) in [4.78, 5) is 24.8. The van der Waals surface area contributed by atoms with E-state index in [4.69, 9.17) is 11.6 Å². The number of halogens is 2. The number of nitrogens with zero attached hydrogens (tertiary/aromatic N) is 1. The van der Waals surface area contributed by atoms with Crippen molar-refractivity contribution in [1.29, 1.82) is 0 Å². The van der Waals surface area contributed by atoms with Crippen molar-refractivity contribution in [2.75, 3.05) is 6.61 Å². The molecule has 2 aromatic carbocycles. The highest BCUT2D eigenvalue weighted by Crippen LogP contribution is 2.50. The SMILES string of the molecule is CC(C)c1cc(C(=O)NC2(Cc3ccc(-c4cc(Cl)ccc4F)cc3)CC(CO)(C(=O)O)C2)n[nH]1. The Morgan fingerprint density at radius 1 is 1.17 bits per heavy atom. The van der Waals surface area contributed by atoms with Crippen LogP contribution in [0.3, 0.4) is 0 Å². The van der Waals surface area contributed by atoms with Gasteiger partial charge in [-0.25, -0.2) is 4.39 Å². The number of aliphatic carboxylic acids is 1. The van der Waals surface area contributed by atoms with Gasteiger partial charge in [0.2, 0.25) is 0 Å². The predicted molar refractivity (Wildman–Crippen MR) is 130 cm³/mol. The van der Waals surface area contributed by atoms with Gasteiger partial charge >= 0.3 is 5.97 Å². The van der Waals surface area contributed by atoms with Crippen LogP contribution < -0.4 is 5.32 Å². The quantitative estimate of drug-likeness (QED) is 0.362. The van der Waals surface area contributed by atoms with Crippen LogP contribution >= 0.6 is 11.6 Å². The van der Waals surface area contributed by atoms with Crippen LogP contribution in [0.4, 0.5) is 4.39 Å². The number of hydrogen-bond acceptors (Lipinski definition) is 4. The molecule has 1 fully saturated rings. The Morgan fingerprint density at radius 3 is 2.43 bits per heavy atom. The molecule has 0 spiro atoms. The molecule has 1 aromatic heterocycles. The minimum absolute atomic E-state index is 0.0731. The van der Waals surface area contributed by atoms with Gasteiger partial charge in [-0.15, -0.1) is 0 Å². The van der Waals surface area contributed by atoms with Gasteiger partial charge in [-0.1, -0.05) is 49.7 Å². The monoisotopic (exact) mass is 499 g/mol. The van der Waals surface area contributed by atoms with E-state index in [-0.39, 0.29) is 30.3 Å². The summed E-state index contributed by atoms with van der Waals surface area (Å²) in [5.74, 6) is -1.74. The zero-order valence-electron chi connectivity index (χ0n) is 19.4. The lowest BCUT2D eigenvalue weighted by molar-refractivity contribution is -0.165. The van der Waals surface area contributed by atoms with E-state index in [0.717, 1.165) is 11.3 Å². The number of hydrogen-bond donors (Lipinski definition) is 4. The molecule has 3 aromatic rings. The smallest absolute Gasteiger partial charge is 0.312 e. The summed E-state index contributed by atoms with van der Waals surface area (Å²) in [5.41, 5.74) is 0.699. The highest BCUT2D eigenvalue weighted by Gasteiger charge is 2.59. The van der Waals surface area contributed by atoms with Crippen molar-refractivity contribution >= 4 is 23.5 Å². The highest BCUT2D eigenvalue weighted by molar-refractivity contribution is 6.30. The highest BCUT2D eigenvalue weighted by atomic mass is 35.5. The number of carboxylic acid groups (broad SMARTS) is 1. The van der Waals surface area contributed by atoms with E-state index >= 15 is 0 Å². The molecule has 1 amide bonds. The number of nitrogens with one attached hydrogen (secondary N) is 2. The lowest BCUT2D eigenvalue weighted by atomic mass is 9.55. The van der Waals surface area contributed by atoms with Crippen LogP contribution in [0.2, 0.25) is 5.02 Å². The Kier molecular flexibility index (Phi) is 6.71. The summed E-state index contributed by atoms with van der Waals surface area (Å²) in [6.07, 6.45) is 0.487. The summed E-state index contributed by atoms with van der Waals surface area (Å²) < 4.78 is 14.3. The topological polar surface area (TPSA) is 115 Å². The van der Waals surface area contributed by atoms with Crippen molar-refractivity contribution in [1.82, 2.24) is 15.5 Å². The maximum Gasteiger partial charge on any atom is 0.312 e. The van der Waals surface area contributed by atoms with E-state index in [1.54, 1.807) is 24.3 Å². The van der Waals surface area contributed by atoms with Gasteiger partial charge in [-0.2, -0.15) is 5.10 Å². The molecule has 1 saturated carbocycles. The summed E-state index contributed by atoms with van der Waals surface area (Å²) >= 11 is 6.01. The van der Waals surface area contributed by atoms with Gasteiger partial charge in [0, 0.05) is 21.8 Å². The number of aromatic amines is 1. The van der Waals surface area contributed by atoms with Crippen LogP contribution in [0, 0.1) is 11.2 Å². The van der Waals surface area contributed by atoms with E-state index in [9.17, 15) is 24.2 Å². The third-order valence-corrected chi connectivity index (χ3v) is 6.91. The molecular weight excluding hydrogens is 473 g/mol. The van der Waals surface area contributed by atoms with Crippen molar-refractivity contribution in [3.8, 4) is 11.1 Å². The number of carbonyl (C=O) groups is 2. The predicted octanol–water partition coefficient (Wildman–Crippen LogP) is 4.56. The zero-order chi connectivity index (χ0) is 25.4. The van der Waals surface area contributed by atoms with Crippen molar-refractivity contribution < 1.29 is 24.2 Å². The number of aliphatic hydroxyl groups is 1. The lowest BCUT2D eigenvalue weighted by Gasteiger charge is -2.53. The molecule has 1 aliphatic rings. The minimum atomic E-state index is -1.31. The number of aliphatic hydroxyl groups excluding tert-OH is 1. The molecule has 0 atom stereocenters. The standard InChI is InChI=1S/C26H27ClFN3O4/c1-15(2)21-10-22(31-30-21)23(33)29-26(12-25(13-26,14-32)24(34)35)11-16-3-5-17(6-4-16)19-9-18(27)7-8-20(19)28/h3-10,15,32H,11-14H2,1-2H3,(H,29,33)(H,30,31)(H,34,35). The molecule has 1 aliphatic carbocycles. The summed E-state index contributed by atoms with van der Waals surface area (Å²) in [6.45, 7) is 3.43. The minimum Gasteiger partial charge on any atom is -0.481 e. The molecule has 7 nitrogen and oxygen atoms in total. The molecule has 184 valence electrons. The average molecular weight is 500 g/mol. The number of benzene rings is 2. The second-order valence-electron chi connectivity index (χ2n) is 9.69. The first kappa shape index (κ1) is 24.9. The molecule has 0 radical (unpaired) electrons. The van der Waals surface area contributed by atoms with Crippen LogP contribution in [-0.2, 0) is 11.2 Å². The van der Waals surface area contributed by atoms with Gasteiger partial charge in [-0.3, -0.25) is 14.7 Å². The molecule has 1 heterocycles. The Bertz CT molecular complexity index is 1250. The number of aromatic nitrogens is 2. The van der Waals surface area contributed by atoms with E-state index in [1.165, 1.54) is 12.1 Å². The van der Waals surface area contributed by atoms with E-state index in [2.05, 4.69) is 15.5 Å². The fourth-order valence-electron chi connectivity index (χ4n) is 4.80. The number of rotatable bonds is 8. The Hall–Kier alpha value is -3.23. The third kappa shape index (κ3) is 4.94. The molecule has 0 aliphatic heterocycles. The van der Waals surface area contributed by atoms with Crippen molar-refractivity contribution in [2.24, 2.45) is 5.41 Å². The molecule has 4 N–H and O–H groups in total. The molecule has 4 rings (SSSR count). The van der Waals surface area contributed by atoms with Crippen LogP contribution in [-0.4, -0.2) is 44.4 Å². The van der Waals surface area contributed by atoms with Crippen molar-refractivity contribution in [2.45, 2.75) is 44.6 Å². The summed E-state index contributed by atoms with van der Waals surface area (Å²) in [7, 11) is 0. The number of carbonyl (C=O) groups excluding carboxylic acids is 1. The van der Waals surface area contributed by atoms with E-state index in [0.29, 0.717) is 22.6 Å². The van der Waals surface area contributed by atoms with Crippen LogP contribution in [0.5, 0.6) is 0 Å². The van der Waals surface area contributed by atoms with Crippen molar-refractivity contribution in [3.05, 3.63) is 76.3 Å². The molecule has 0 unspecified atom stereocenters. The third-order valence-electron chi connectivity index (χ3n) is 6.68. The maximum absolute atomic E-state index is 14.3. The number of amides is 1. The fourth-order valence-corrected chi connectivity index (χ4v) is 4.97. The summed E-state index contributed by atoms with van der Waals surface area (Å²) in [5, 5.41) is 29.8. The first-order chi connectivity index (χ1) is 16.6. The van der Waals surface area contributed by atoms with Crippen molar-refractivity contribution in [3.63, 3.8) is 0 Å². The van der Waals surface area contributed by atoms with Gasteiger partial charge in [0.25, 0.3) is 5.91 Å². The Labute approximate surface area is 207 Å². The second-order valence-corrected chi connectivity index (χ2v) is 10.1. The number of carboxylic acids is 1. The van der Waals surface area contributed by atoms with Crippen LogP contribution in [0.1, 0.15) is 54.4 Å². The van der Waals surface area contributed by atoms with E-state index in [1.807, 2.05) is 26.0 Å². The van der Waals surface area contributed by atoms with E-state index < -0.39 is 29.4 Å². The molecule has 9 heteroatoms. The molecular formula is C26H27ClFN3O4. The first-order valence-electron chi connectivity index (χ1n) is 11.3. The first-order valence-corrected chi connectivity index (χ1v) is 11.7. The Balaban J connectivity index is 1.58. The van der Waals surface area contributed by atoms with Gasteiger partial charge in [-0.05, 0) is 60.6 Å². The maximum atomic E-state index is 14.3. The van der Waals surface area contributed by atoms with Crippen LogP contribution in [0.15, 0.2) is 48.5 Å². The zero-order valence-corrected chi connectivity index (χ0v) is 20.2. The largest absolute Gasteiger partial charge is 0.481 e. The molecule has 0 saturated heterocycles. The number of H-pyrrole nitrogens is 1. The molecule has 35 heavy (non-hydrogen) atoms. The normalized spacial score (nSPS) is 21.5. The fraction of sp³-hybridized carbons (Fsp3) is 0.346. The van der Waals surface area contributed by atoms with Gasteiger partial charge in [0.05, 0.1) is 12.0 Å². The van der Waals surface area contributed by atoms with Gasteiger partial charge < -0.3 is 15.5 Å². The molecule has 0 bridgehead atoms. The van der Waals surface area contributed by atoms with Gasteiger partial charge in [0.1, 0.15) is 11.5 Å². The average Bonchev–Trinajstić information content (AvgIpc) is 3.30. The van der Waals surface area contributed by atoms with Crippen LogP contribution in [0.25, 0.3) is 11.1 Å².